The van der Waals surface area contributed by atoms with Crippen molar-refractivity contribution in [1.82, 2.24) is 0 Å². The highest BCUT2D eigenvalue weighted by Crippen LogP contribution is 2.13. The average molecular weight is 268 g/mol. The van der Waals surface area contributed by atoms with Gasteiger partial charge in [-0.25, -0.2) is 0 Å². The monoisotopic (exact) mass is 268 g/mol. The number of ether oxygens (including phenoxy) is 3. The lowest BCUT2D eigenvalue weighted by Gasteiger charge is -2.12. The second kappa shape index (κ2) is 9.92. The third-order valence-electron chi connectivity index (χ3n) is 2.75. The van der Waals surface area contributed by atoms with Gasteiger partial charge in [0.05, 0.1) is 19.8 Å². The molecule has 1 rings (SSSR count). The Morgan fingerprint density at radius 2 is 1.68 bits per heavy atom. The van der Waals surface area contributed by atoms with E-state index in [4.69, 9.17) is 14.2 Å². The summed E-state index contributed by atoms with van der Waals surface area (Å²) < 4.78 is 15.6. The van der Waals surface area contributed by atoms with Crippen molar-refractivity contribution in [2.45, 2.75) is 19.4 Å². The van der Waals surface area contributed by atoms with E-state index in [1.807, 2.05) is 31.2 Å². The van der Waals surface area contributed by atoms with E-state index in [-0.39, 0.29) is 0 Å². The highest BCUT2D eigenvalue weighted by atomic mass is 16.5. The van der Waals surface area contributed by atoms with Crippen LogP contribution in [0.2, 0.25) is 0 Å². The van der Waals surface area contributed by atoms with Crippen LogP contribution >= 0.6 is 0 Å². The molecule has 4 nitrogen and oxygen atoms in total. The number of aryl methyl sites for hydroxylation is 1. The molecule has 0 aliphatic rings. The van der Waals surface area contributed by atoms with Gasteiger partial charge in [0.2, 0.25) is 0 Å². The van der Waals surface area contributed by atoms with Gasteiger partial charge in [-0.05, 0) is 18.9 Å². The molecule has 0 heterocycles. The molecule has 0 saturated heterocycles. The first kappa shape index (κ1) is 16.1. The summed E-state index contributed by atoms with van der Waals surface area (Å²) in [7, 11) is 1.68. The van der Waals surface area contributed by atoms with E-state index < -0.39 is 6.10 Å². The summed E-state index contributed by atoms with van der Waals surface area (Å²) in [6.07, 6.45) is 0.316. The average Bonchev–Trinajstić information content (AvgIpc) is 2.42. The van der Waals surface area contributed by atoms with Gasteiger partial charge in [0.25, 0.3) is 0 Å². The Morgan fingerprint density at radius 3 is 2.37 bits per heavy atom. The number of methoxy groups -OCH3 is 1. The van der Waals surface area contributed by atoms with E-state index in [0.29, 0.717) is 33.0 Å². The molecule has 19 heavy (non-hydrogen) atoms. The van der Waals surface area contributed by atoms with Crippen molar-refractivity contribution in [2.24, 2.45) is 0 Å². The van der Waals surface area contributed by atoms with E-state index in [1.165, 1.54) is 5.56 Å². The summed E-state index contributed by atoms with van der Waals surface area (Å²) in [5.41, 5.74) is 2.06. The summed E-state index contributed by atoms with van der Waals surface area (Å²) in [5, 5.41) is 9.90. The van der Waals surface area contributed by atoms with Crippen molar-refractivity contribution in [3.8, 4) is 0 Å². The molecule has 0 aromatic heterocycles. The number of hydrogen-bond donors (Lipinski definition) is 1. The first-order chi connectivity index (χ1) is 9.24. The van der Waals surface area contributed by atoms with E-state index in [0.717, 1.165) is 12.0 Å². The predicted molar refractivity (Wildman–Crippen MR) is 74.3 cm³/mol. The molecule has 1 aromatic rings. The fourth-order valence-corrected chi connectivity index (χ4v) is 1.61. The zero-order valence-corrected chi connectivity index (χ0v) is 11.8. The maximum atomic E-state index is 9.90. The van der Waals surface area contributed by atoms with Crippen LogP contribution in [0.5, 0.6) is 0 Å². The molecule has 1 atom stereocenters. The van der Waals surface area contributed by atoms with Gasteiger partial charge in [-0.15, -0.1) is 0 Å². The molecular formula is C15H24O4. The molecule has 1 unspecified atom stereocenters. The first-order valence-corrected chi connectivity index (χ1v) is 6.63. The highest BCUT2D eigenvalue weighted by Gasteiger charge is 2.06. The highest BCUT2D eigenvalue weighted by molar-refractivity contribution is 5.23. The second-order valence-corrected chi connectivity index (χ2v) is 4.46. The maximum absolute atomic E-state index is 9.90. The Balaban J connectivity index is 2.04. The minimum absolute atomic E-state index is 0.296. The topological polar surface area (TPSA) is 47.9 Å². The summed E-state index contributed by atoms with van der Waals surface area (Å²) in [6.45, 7) is 4.75. The molecule has 0 saturated carbocycles. The lowest BCUT2D eigenvalue weighted by molar-refractivity contribution is 0.000499. The van der Waals surface area contributed by atoms with Gasteiger partial charge in [-0.3, -0.25) is 0 Å². The molecule has 108 valence electrons. The zero-order chi connectivity index (χ0) is 13.9. The zero-order valence-electron chi connectivity index (χ0n) is 11.8. The van der Waals surface area contributed by atoms with Crippen molar-refractivity contribution in [3.05, 3.63) is 35.4 Å². The van der Waals surface area contributed by atoms with E-state index in [9.17, 15) is 5.11 Å². The maximum Gasteiger partial charge on any atom is 0.102 e. The molecule has 0 radical (unpaired) electrons. The number of aliphatic hydroxyl groups excluding tert-OH is 1. The molecule has 1 N–H and O–H groups in total. The van der Waals surface area contributed by atoms with Crippen molar-refractivity contribution in [1.29, 1.82) is 0 Å². The second-order valence-electron chi connectivity index (χ2n) is 4.46. The molecule has 0 amide bonds. The summed E-state index contributed by atoms with van der Waals surface area (Å²) in [6, 6.07) is 7.81. The molecule has 1 aromatic carbocycles. The van der Waals surface area contributed by atoms with Crippen LogP contribution in [0.4, 0.5) is 0 Å². The van der Waals surface area contributed by atoms with Crippen LogP contribution in [0.3, 0.4) is 0 Å². The fraction of sp³-hybridized carbons (Fsp3) is 0.600. The fourth-order valence-electron chi connectivity index (χ4n) is 1.61. The largest absolute Gasteiger partial charge is 0.386 e. The van der Waals surface area contributed by atoms with Gasteiger partial charge in [-0.2, -0.15) is 0 Å². The number of rotatable bonds is 10. The lowest BCUT2D eigenvalue weighted by atomic mass is 10.1. The third kappa shape index (κ3) is 7.28. The smallest absolute Gasteiger partial charge is 0.102 e. The molecule has 0 spiro atoms. The minimum Gasteiger partial charge on any atom is -0.386 e. The molecular weight excluding hydrogens is 244 g/mol. The molecule has 0 aliphatic carbocycles. The number of benzene rings is 1. The summed E-state index contributed by atoms with van der Waals surface area (Å²) in [5.74, 6) is 0. The van der Waals surface area contributed by atoms with Crippen LogP contribution in [-0.4, -0.2) is 45.3 Å². The van der Waals surface area contributed by atoms with Gasteiger partial charge in [0.15, 0.2) is 0 Å². The van der Waals surface area contributed by atoms with Crippen LogP contribution < -0.4 is 0 Å². The minimum atomic E-state index is -0.575. The molecule has 4 heteroatoms. The standard InChI is InChI=1S/C15H24O4/c1-13-4-6-14(7-5-13)15(16)12-19-11-10-18-9-3-8-17-2/h4-7,15-16H,3,8-12H2,1-2H3. The molecule has 0 bridgehead atoms. The quantitative estimate of drug-likeness (QED) is 0.660. The predicted octanol–water partition coefficient (Wildman–Crippen LogP) is 2.10. The SMILES string of the molecule is COCCCOCCOCC(O)c1ccc(C)cc1. The van der Waals surface area contributed by atoms with E-state index in [1.54, 1.807) is 7.11 Å². The Bertz CT molecular complexity index is 323. The Kier molecular flexibility index (Phi) is 8.41. The van der Waals surface area contributed by atoms with Crippen molar-refractivity contribution in [3.63, 3.8) is 0 Å². The van der Waals surface area contributed by atoms with Gasteiger partial charge < -0.3 is 19.3 Å². The Hall–Kier alpha value is -0.940. The number of aliphatic hydroxyl groups is 1. The Labute approximate surface area is 115 Å². The Morgan fingerprint density at radius 1 is 1.00 bits per heavy atom. The van der Waals surface area contributed by atoms with Crippen LogP contribution in [0.15, 0.2) is 24.3 Å². The van der Waals surface area contributed by atoms with Crippen LogP contribution in [0, 0.1) is 6.92 Å². The molecule has 0 fully saturated rings. The van der Waals surface area contributed by atoms with Crippen molar-refractivity contribution < 1.29 is 19.3 Å². The number of hydrogen-bond acceptors (Lipinski definition) is 4. The lowest BCUT2D eigenvalue weighted by Crippen LogP contribution is -2.12. The van der Waals surface area contributed by atoms with Gasteiger partial charge >= 0.3 is 0 Å². The third-order valence-corrected chi connectivity index (χ3v) is 2.75. The van der Waals surface area contributed by atoms with Crippen molar-refractivity contribution >= 4 is 0 Å². The van der Waals surface area contributed by atoms with Crippen LogP contribution in [0.25, 0.3) is 0 Å². The van der Waals surface area contributed by atoms with E-state index in [2.05, 4.69) is 0 Å². The summed E-state index contributed by atoms with van der Waals surface area (Å²) >= 11 is 0. The normalized spacial score (nSPS) is 12.6. The van der Waals surface area contributed by atoms with Gasteiger partial charge in [0, 0.05) is 20.3 Å². The van der Waals surface area contributed by atoms with Crippen LogP contribution in [-0.2, 0) is 14.2 Å². The van der Waals surface area contributed by atoms with Gasteiger partial charge in [0.1, 0.15) is 6.10 Å². The summed E-state index contributed by atoms with van der Waals surface area (Å²) in [4.78, 5) is 0. The molecule has 0 aliphatic heterocycles. The van der Waals surface area contributed by atoms with Gasteiger partial charge in [-0.1, -0.05) is 29.8 Å². The van der Waals surface area contributed by atoms with Crippen LogP contribution in [0.1, 0.15) is 23.7 Å². The van der Waals surface area contributed by atoms with Crippen molar-refractivity contribution in [2.75, 3.05) is 40.1 Å². The van der Waals surface area contributed by atoms with E-state index >= 15 is 0 Å². The first-order valence-electron chi connectivity index (χ1n) is 6.63.